The Hall–Kier alpha value is -2.93. The van der Waals surface area contributed by atoms with Gasteiger partial charge in [-0.1, -0.05) is 35.6 Å². The van der Waals surface area contributed by atoms with Crippen LogP contribution < -0.4 is 15.5 Å². The second kappa shape index (κ2) is 9.32. The minimum atomic E-state index is -0.142. The van der Waals surface area contributed by atoms with Crippen LogP contribution in [0.1, 0.15) is 18.9 Å². The van der Waals surface area contributed by atoms with Gasteiger partial charge in [-0.25, -0.2) is 4.98 Å². The first kappa shape index (κ1) is 19.8. The third-order valence-corrected chi connectivity index (χ3v) is 5.22. The number of fused-ring (bicyclic) bond motifs is 1. The summed E-state index contributed by atoms with van der Waals surface area (Å²) in [6, 6.07) is 15.9. The number of anilines is 2. The first-order valence-electron chi connectivity index (χ1n) is 9.21. The Balaban J connectivity index is 1.46. The molecular formula is C21H24N4O2S. The molecule has 0 radical (unpaired) electrons. The SMILES string of the molecule is CC(=O)Nc1nc2ccc(CC(=O)NCCCN(C)c3ccccc3)cc2s1. The quantitative estimate of drug-likeness (QED) is 0.572. The summed E-state index contributed by atoms with van der Waals surface area (Å²) in [6.07, 6.45) is 1.21. The van der Waals surface area contributed by atoms with Crippen LogP contribution in [-0.2, 0) is 16.0 Å². The van der Waals surface area contributed by atoms with Crippen molar-refractivity contribution in [3.8, 4) is 0 Å². The Morgan fingerprint density at radius 2 is 1.93 bits per heavy atom. The lowest BCUT2D eigenvalue weighted by atomic mass is 10.1. The van der Waals surface area contributed by atoms with Gasteiger partial charge in [0.25, 0.3) is 0 Å². The van der Waals surface area contributed by atoms with Crippen molar-refractivity contribution in [2.75, 3.05) is 30.4 Å². The maximum absolute atomic E-state index is 12.2. The van der Waals surface area contributed by atoms with Gasteiger partial charge in [0.05, 0.1) is 16.6 Å². The Labute approximate surface area is 168 Å². The second-order valence-corrected chi connectivity index (χ2v) is 7.67. The summed E-state index contributed by atoms with van der Waals surface area (Å²) in [5.74, 6) is -0.134. The Morgan fingerprint density at radius 1 is 1.14 bits per heavy atom. The smallest absolute Gasteiger partial charge is 0.224 e. The molecule has 146 valence electrons. The topological polar surface area (TPSA) is 74.3 Å². The molecule has 28 heavy (non-hydrogen) atoms. The largest absolute Gasteiger partial charge is 0.375 e. The molecule has 1 heterocycles. The fourth-order valence-electron chi connectivity index (χ4n) is 2.89. The molecule has 0 atom stereocenters. The molecule has 0 aliphatic heterocycles. The van der Waals surface area contributed by atoms with Crippen LogP contribution in [0.15, 0.2) is 48.5 Å². The minimum absolute atomic E-state index is 0.00770. The summed E-state index contributed by atoms with van der Waals surface area (Å²) in [4.78, 5) is 29.9. The Morgan fingerprint density at radius 3 is 2.68 bits per heavy atom. The highest BCUT2D eigenvalue weighted by atomic mass is 32.1. The predicted octanol–water partition coefficient (Wildman–Crippen LogP) is 3.44. The van der Waals surface area contributed by atoms with Crippen LogP contribution in [0.4, 0.5) is 10.8 Å². The maximum Gasteiger partial charge on any atom is 0.224 e. The summed E-state index contributed by atoms with van der Waals surface area (Å²) in [5, 5.41) is 6.25. The van der Waals surface area contributed by atoms with Crippen LogP contribution in [0.5, 0.6) is 0 Å². The van der Waals surface area contributed by atoms with Crippen LogP contribution in [0.3, 0.4) is 0 Å². The summed E-state index contributed by atoms with van der Waals surface area (Å²) in [6.45, 7) is 2.98. The van der Waals surface area contributed by atoms with Crippen molar-refractivity contribution >= 4 is 44.2 Å². The van der Waals surface area contributed by atoms with Crippen LogP contribution in [0, 0.1) is 0 Å². The lowest BCUT2D eigenvalue weighted by Crippen LogP contribution is -2.29. The molecule has 2 amide bonds. The fourth-order valence-corrected chi connectivity index (χ4v) is 3.86. The van der Waals surface area contributed by atoms with E-state index in [1.807, 2.05) is 36.4 Å². The number of carbonyl (C=O) groups excluding carboxylic acids is 2. The first-order chi connectivity index (χ1) is 13.5. The molecule has 7 heteroatoms. The van der Waals surface area contributed by atoms with Crippen molar-refractivity contribution in [1.29, 1.82) is 0 Å². The van der Waals surface area contributed by atoms with Crippen LogP contribution in [0.25, 0.3) is 10.2 Å². The average molecular weight is 397 g/mol. The van der Waals surface area contributed by atoms with Crippen molar-refractivity contribution in [1.82, 2.24) is 10.3 Å². The van der Waals surface area contributed by atoms with Gasteiger partial charge in [-0.2, -0.15) is 0 Å². The lowest BCUT2D eigenvalue weighted by Gasteiger charge is -2.19. The van der Waals surface area contributed by atoms with E-state index in [0.717, 1.165) is 28.7 Å². The van der Waals surface area contributed by atoms with E-state index in [0.29, 0.717) is 18.1 Å². The van der Waals surface area contributed by atoms with Crippen molar-refractivity contribution in [3.05, 3.63) is 54.1 Å². The highest BCUT2D eigenvalue weighted by Crippen LogP contribution is 2.26. The van der Waals surface area contributed by atoms with Gasteiger partial charge in [0.15, 0.2) is 5.13 Å². The third kappa shape index (κ3) is 5.53. The molecule has 0 fully saturated rings. The van der Waals surface area contributed by atoms with Gasteiger partial charge >= 0.3 is 0 Å². The number of nitrogens with one attached hydrogen (secondary N) is 2. The van der Waals surface area contributed by atoms with E-state index in [1.165, 1.54) is 23.9 Å². The second-order valence-electron chi connectivity index (χ2n) is 6.64. The van der Waals surface area contributed by atoms with E-state index < -0.39 is 0 Å². The van der Waals surface area contributed by atoms with E-state index >= 15 is 0 Å². The number of hydrogen-bond donors (Lipinski definition) is 2. The summed E-state index contributed by atoms with van der Waals surface area (Å²) >= 11 is 1.41. The Bertz CT molecular complexity index is 955. The molecule has 0 aliphatic carbocycles. The number of thiazole rings is 1. The maximum atomic E-state index is 12.2. The number of para-hydroxylation sites is 1. The standard InChI is InChI=1S/C21H24N4O2S/c1-15(26)23-21-24-18-10-9-16(13-19(18)28-21)14-20(27)22-11-6-12-25(2)17-7-4-3-5-8-17/h3-5,7-10,13H,6,11-12,14H2,1-2H3,(H,22,27)(H,23,24,26). The molecule has 3 aromatic rings. The van der Waals surface area contributed by atoms with Gasteiger partial charge in [0, 0.05) is 32.7 Å². The highest BCUT2D eigenvalue weighted by molar-refractivity contribution is 7.22. The predicted molar refractivity (Wildman–Crippen MR) is 115 cm³/mol. The molecule has 0 bridgehead atoms. The molecule has 0 spiro atoms. The van der Waals surface area contributed by atoms with Crippen LogP contribution in [-0.4, -0.2) is 36.9 Å². The summed E-state index contributed by atoms with van der Waals surface area (Å²) in [7, 11) is 2.05. The highest BCUT2D eigenvalue weighted by Gasteiger charge is 2.08. The van der Waals surface area contributed by atoms with E-state index in [2.05, 4.69) is 39.7 Å². The number of hydrogen-bond acceptors (Lipinski definition) is 5. The van der Waals surface area contributed by atoms with Crippen molar-refractivity contribution in [2.24, 2.45) is 0 Å². The Kier molecular flexibility index (Phi) is 6.60. The fraction of sp³-hybridized carbons (Fsp3) is 0.286. The number of nitrogens with zero attached hydrogens (tertiary/aromatic N) is 2. The molecule has 2 aromatic carbocycles. The zero-order valence-corrected chi connectivity index (χ0v) is 16.9. The van der Waals surface area contributed by atoms with E-state index in [4.69, 9.17) is 0 Å². The zero-order valence-electron chi connectivity index (χ0n) is 16.1. The molecule has 3 rings (SSSR count). The third-order valence-electron chi connectivity index (χ3n) is 4.29. The normalized spacial score (nSPS) is 10.6. The molecule has 6 nitrogen and oxygen atoms in total. The molecule has 0 aliphatic rings. The molecule has 0 saturated carbocycles. The molecule has 1 aromatic heterocycles. The monoisotopic (exact) mass is 396 g/mol. The van der Waals surface area contributed by atoms with E-state index in [1.54, 1.807) is 0 Å². The summed E-state index contributed by atoms with van der Waals surface area (Å²) in [5.41, 5.74) is 2.93. The van der Waals surface area contributed by atoms with E-state index in [-0.39, 0.29) is 11.8 Å². The number of benzene rings is 2. The van der Waals surface area contributed by atoms with Gasteiger partial charge < -0.3 is 15.5 Å². The molecule has 0 saturated heterocycles. The van der Waals surface area contributed by atoms with Gasteiger partial charge in [-0.15, -0.1) is 0 Å². The van der Waals surface area contributed by atoms with Gasteiger partial charge in [0.1, 0.15) is 0 Å². The van der Waals surface area contributed by atoms with Gasteiger partial charge in [-0.3, -0.25) is 9.59 Å². The van der Waals surface area contributed by atoms with Crippen molar-refractivity contribution < 1.29 is 9.59 Å². The minimum Gasteiger partial charge on any atom is -0.375 e. The molecular weight excluding hydrogens is 372 g/mol. The number of aromatic nitrogens is 1. The van der Waals surface area contributed by atoms with Crippen LogP contribution >= 0.6 is 11.3 Å². The lowest BCUT2D eigenvalue weighted by molar-refractivity contribution is -0.120. The van der Waals surface area contributed by atoms with Gasteiger partial charge in [0.2, 0.25) is 11.8 Å². The average Bonchev–Trinajstić information content (AvgIpc) is 3.06. The first-order valence-corrected chi connectivity index (χ1v) is 10.0. The number of amides is 2. The number of rotatable bonds is 8. The van der Waals surface area contributed by atoms with Crippen molar-refractivity contribution in [3.63, 3.8) is 0 Å². The zero-order chi connectivity index (χ0) is 19.9. The summed E-state index contributed by atoms with van der Waals surface area (Å²) < 4.78 is 0.957. The number of carbonyl (C=O) groups is 2. The van der Waals surface area contributed by atoms with E-state index in [9.17, 15) is 9.59 Å². The van der Waals surface area contributed by atoms with Crippen LogP contribution in [0.2, 0.25) is 0 Å². The van der Waals surface area contributed by atoms with Gasteiger partial charge in [-0.05, 0) is 36.2 Å². The molecule has 2 N–H and O–H groups in total. The van der Waals surface area contributed by atoms with Crippen molar-refractivity contribution in [2.45, 2.75) is 19.8 Å². The molecule has 0 unspecified atom stereocenters.